The monoisotopic (exact) mass is 255 g/mol. The summed E-state index contributed by atoms with van der Waals surface area (Å²) in [5, 5.41) is 0. The van der Waals surface area contributed by atoms with Gasteiger partial charge in [-0.1, -0.05) is 0 Å². The number of amides is 1. The van der Waals surface area contributed by atoms with Gasteiger partial charge in [0.15, 0.2) is 0 Å². The largest absolute Gasteiger partial charge is 0.467 e. The van der Waals surface area contributed by atoms with Crippen molar-refractivity contribution in [3.05, 3.63) is 0 Å². The molecule has 0 aromatic rings. The van der Waals surface area contributed by atoms with Crippen LogP contribution in [0, 0.1) is 0 Å². The molecule has 2 saturated heterocycles. The van der Waals surface area contributed by atoms with Crippen molar-refractivity contribution in [3.8, 4) is 0 Å². The van der Waals surface area contributed by atoms with Crippen molar-refractivity contribution >= 4 is 13.0 Å². The van der Waals surface area contributed by atoms with Gasteiger partial charge in [-0.3, -0.25) is 4.79 Å². The third kappa shape index (κ3) is 2.70. The van der Waals surface area contributed by atoms with Gasteiger partial charge in [-0.05, 0) is 27.7 Å². The molecule has 0 unspecified atom stereocenters. The number of carbonyl (C=O) groups excluding carboxylic acids is 1. The minimum atomic E-state index is -0.439. The molecule has 0 spiro atoms. The molecule has 18 heavy (non-hydrogen) atoms. The molecule has 0 aromatic carbocycles. The van der Waals surface area contributed by atoms with E-state index in [9.17, 15) is 4.79 Å². The third-order valence-electron chi connectivity index (χ3n) is 4.01. The van der Waals surface area contributed by atoms with E-state index < -0.39 is 7.12 Å². The van der Waals surface area contributed by atoms with Crippen molar-refractivity contribution < 1.29 is 18.8 Å². The van der Waals surface area contributed by atoms with Crippen molar-refractivity contribution in [2.75, 3.05) is 26.3 Å². The van der Waals surface area contributed by atoms with Gasteiger partial charge >= 0.3 is 7.12 Å². The fourth-order valence-electron chi connectivity index (χ4n) is 2.13. The molecule has 0 N–H and O–H groups in total. The quantitative estimate of drug-likeness (QED) is 0.689. The molecule has 0 bridgehead atoms. The molecule has 0 saturated carbocycles. The van der Waals surface area contributed by atoms with Crippen molar-refractivity contribution in [1.82, 2.24) is 4.90 Å². The van der Waals surface area contributed by atoms with E-state index in [1.54, 1.807) is 0 Å². The second-order valence-electron chi connectivity index (χ2n) is 5.88. The molecule has 2 heterocycles. The predicted molar refractivity (Wildman–Crippen MR) is 68.3 cm³/mol. The number of morpholine rings is 1. The second-order valence-corrected chi connectivity index (χ2v) is 5.88. The lowest BCUT2D eigenvalue weighted by Gasteiger charge is -2.32. The summed E-state index contributed by atoms with van der Waals surface area (Å²) in [5.74, 6) is 0.0804. The van der Waals surface area contributed by atoms with Gasteiger partial charge in [0.05, 0.1) is 30.7 Å². The number of rotatable bonds is 2. The summed E-state index contributed by atoms with van der Waals surface area (Å²) in [7, 11) is -0.439. The lowest BCUT2D eigenvalue weighted by atomic mass is 9.84. The molecule has 102 valence electrons. The zero-order valence-electron chi connectivity index (χ0n) is 11.7. The Morgan fingerprint density at radius 2 is 1.61 bits per heavy atom. The minimum absolute atomic E-state index is 0.0804. The van der Waals surface area contributed by atoms with E-state index >= 15 is 0 Å². The van der Waals surface area contributed by atoms with Crippen LogP contribution >= 0.6 is 0 Å². The average Bonchev–Trinajstić information content (AvgIpc) is 2.48. The first-order chi connectivity index (χ1) is 8.32. The first-order valence-corrected chi connectivity index (χ1v) is 6.53. The first kappa shape index (κ1) is 13.8. The maximum atomic E-state index is 12.1. The lowest BCUT2D eigenvalue weighted by molar-refractivity contribution is -0.133. The summed E-state index contributed by atoms with van der Waals surface area (Å²) < 4.78 is 16.9. The number of hydrogen-bond acceptors (Lipinski definition) is 4. The third-order valence-corrected chi connectivity index (χ3v) is 4.01. The van der Waals surface area contributed by atoms with Gasteiger partial charge in [-0.15, -0.1) is 0 Å². The zero-order valence-corrected chi connectivity index (χ0v) is 11.7. The van der Waals surface area contributed by atoms with Crippen LogP contribution in [0.5, 0.6) is 0 Å². The van der Waals surface area contributed by atoms with Gasteiger partial charge in [0.25, 0.3) is 0 Å². The Kier molecular flexibility index (Phi) is 3.71. The van der Waals surface area contributed by atoms with Crippen LogP contribution in [0.1, 0.15) is 27.7 Å². The summed E-state index contributed by atoms with van der Waals surface area (Å²) >= 11 is 0. The summed E-state index contributed by atoms with van der Waals surface area (Å²) in [6.07, 6.45) is 0.285. The molecule has 0 aliphatic carbocycles. The smallest absolute Gasteiger partial charge is 0.403 e. The van der Waals surface area contributed by atoms with E-state index in [1.807, 2.05) is 32.6 Å². The van der Waals surface area contributed by atoms with E-state index in [2.05, 4.69) is 0 Å². The van der Waals surface area contributed by atoms with Gasteiger partial charge in [0, 0.05) is 13.1 Å². The van der Waals surface area contributed by atoms with Crippen LogP contribution in [0.3, 0.4) is 0 Å². The topological polar surface area (TPSA) is 48.0 Å². The second kappa shape index (κ2) is 4.83. The van der Waals surface area contributed by atoms with E-state index in [0.717, 1.165) is 0 Å². The van der Waals surface area contributed by atoms with Gasteiger partial charge < -0.3 is 18.9 Å². The molecule has 0 aromatic heterocycles. The molecule has 2 fully saturated rings. The van der Waals surface area contributed by atoms with Crippen molar-refractivity contribution in [2.24, 2.45) is 0 Å². The fourth-order valence-corrected chi connectivity index (χ4v) is 2.13. The molecule has 2 aliphatic heterocycles. The van der Waals surface area contributed by atoms with Crippen LogP contribution in [0.25, 0.3) is 0 Å². The fraction of sp³-hybridized carbons (Fsp3) is 0.917. The van der Waals surface area contributed by atoms with Crippen molar-refractivity contribution in [1.29, 1.82) is 0 Å². The highest BCUT2D eigenvalue weighted by molar-refractivity contribution is 6.50. The molecule has 5 nitrogen and oxygen atoms in total. The number of nitrogens with zero attached hydrogens (tertiary/aromatic N) is 1. The lowest BCUT2D eigenvalue weighted by Crippen LogP contribution is -2.42. The van der Waals surface area contributed by atoms with E-state index in [1.165, 1.54) is 0 Å². The van der Waals surface area contributed by atoms with Gasteiger partial charge in [-0.2, -0.15) is 0 Å². The van der Waals surface area contributed by atoms with Crippen LogP contribution in [-0.2, 0) is 18.8 Å². The van der Waals surface area contributed by atoms with Crippen LogP contribution in [0.4, 0.5) is 0 Å². The molecular formula is C12H22BNO4. The Balaban J connectivity index is 1.89. The molecular weight excluding hydrogens is 233 g/mol. The number of hydrogen-bond donors (Lipinski definition) is 0. The van der Waals surface area contributed by atoms with E-state index in [-0.39, 0.29) is 23.4 Å². The highest BCUT2D eigenvalue weighted by atomic mass is 16.7. The Bertz CT molecular complexity index is 310. The molecule has 6 heteroatoms. The summed E-state index contributed by atoms with van der Waals surface area (Å²) in [6.45, 7) is 10.5. The minimum Gasteiger partial charge on any atom is -0.403 e. The van der Waals surface area contributed by atoms with E-state index in [0.29, 0.717) is 26.3 Å². The highest BCUT2D eigenvalue weighted by Gasteiger charge is 2.51. The van der Waals surface area contributed by atoms with Crippen molar-refractivity contribution in [3.63, 3.8) is 0 Å². The van der Waals surface area contributed by atoms with Gasteiger partial charge in [0.1, 0.15) is 0 Å². The number of ether oxygens (including phenoxy) is 1. The SMILES string of the molecule is CC1(C)OB(CC(=O)N2CCOCC2)OC1(C)C. The summed E-state index contributed by atoms with van der Waals surface area (Å²) in [4.78, 5) is 13.9. The Labute approximate surface area is 109 Å². The average molecular weight is 255 g/mol. The number of carbonyl (C=O) groups is 1. The molecule has 2 rings (SSSR count). The Morgan fingerprint density at radius 3 is 2.11 bits per heavy atom. The summed E-state index contributed by atoms with van der Waals surface area (Å²) in [6, 6.07) is 0. The molecule has 2 aliphatic rings. The zero-order chi connectivity index (χ0) is 13.4. The normalized spacial score (nSPS) is 26.4. The predicted octanol–water partition coefficient (Wildman–Crippen LogP) is 0.937. The van der Waals surface area contributed by atoms with Gasteiger partial charge in [-0.25, -0.2) is 0 Å². The highest BCUT2D eigenvalue weighted by Crippen LogP contribution is 2.37. The van der Waals surface area contributed by atoms with Crippen LogP contribution in [-0.4, -0.2) is 55.4 Å². The maximum absolute atomic E-state index is 12.1. The molecule has 1 amide bonds. The van der Waals surface area contributed by atoms with Crippen LogP contribution in [0.15, 0.2) is 0 Å². The molecule has 0 radical (unpaired) electrons. The Hall–Kier alpha value is -0.585. The van der Waals surface area contributed by atoms with Crippen LogP contribution in [0.2, 0.25) is 6.32 Å². The Morgan fingerprint density at radius 1 is 1.11 bits per heavy atom. The maximum Gasteiger partial charge on any atom is 0.467 e. The molecule has 0 atom stereocenters. The van der Waals surface area contributed by atoms with Crippen LogP contribution < -0.4 is 0 Å². The van der Waals surface area contributed by atoms with Crippen molar-refractivity contribution in [2.45, 2.75) is 45.2 Å². The standard InChI is InChI=1S/C12H22BNO4/c1-11(2)12(3,4)18-13(17-11)9-10(15)14-5-7-16-8-6-14/h5-9H2,1-4H3. The summed E-state index contributed by atoms with van der Waals surface area (Å²) in [5.41, 5.74) is -0.744. The first-order valence-electron chi connectivity index (χ1n) is 6.53. The van der Waals surface area contributed by atoms with E-state index in [4.69, 9.17) is 14.0 Å². The van der Waals surface area contributed by atoms with Gasteiger partial charge in [0.2, 0.25) is 5.91 Å².